The van der Waals surface area contributed by atoms with E-state index in [0.29, 0.717) is 19.2 Å². The van der Waals surface area contributed by atoms with Gasteiger partial charge in [0, 0.05) is 31.5 Å². The third kappa shape index (κ3) is 7.07. The molecule has 1 aromatic carbocycles. The Morgan fingerprint density at radius 1 is 1.25 bits per heavy atom. The fourth-order valence-electron chi connectivity index (χ4n) is 3.14. The smallest absolute Gasteiger partial charge is 0.119 e. The highest BCUT2D eigenvalue weighted by Crippen LogP contribution is 2.23. The monoisotopic (exact) mass is 336 g/mol. The average Bonchev–Trinajstić information content (AvgIpc) is 2.54. The second-order valence-corrected chi connectivity index (χ2v) is 7.09. The maximum absolute atomic E-state index is 9.82. The quantitative estimate of drug-likeness (QED) is 0.726. The van der Waals surface area contributed by atoms with Gasteiger partial charge in [-0.15, -0.1) is 0 Å². The van der Waals surface area contributed by atoms with Crippen LogP contribution in [0.2, 0.25) is 0 Å². The van der Waals surface area contributed by atoms with Crippen LogP contribution >= 0.6 is 0 Å². The van der Waals surface area contributed by atoms with Gasteiger partial charge in [0.1, 0.15) is 18.5 Å². The van der Waals surface area contributed by atoms with Gasteiger partial charge in [-0.1, -0.05) is 0 Å². The summed E-state index contributed by atoms with van der Waals surface area (Å²) in [6.07, 6.45) is 3.05. The minimum Gasteiger partial charge on any atom is -0.491 e. The van der Waals surface area contributed by atoms with E-state index in [-0.39, 0.29) is 0 Å². The Kier molecular flexibility index (Phi) is 7.82. The Morgan fingerprint density at radius 3 is 2.54 bits per heavy atom. The lowest BCUT2D eigenvalue weighted by atomic mass is 9.93. The average molecular weight is 336 g/mol. The summed E-state index contributed by atoms with van der Waals surface area (Å²) in [5.74, 6) is 1.55. The fourth-order valence-corrected chi connectivity index (χ4v) is 3.14. The molecule has 136 valence electrons. The molecule has 5 heteroatoms. The van der Waals surface area contributed by atoms with Crippen molar-refractivity contribution >= 4 is 5.69 Å². The molecule has 2 unspecified atom stereocenters. The van der Waals surface area contributed by atoms with Crippen molar-refractivity contribution < 1.29 is 14.6 Å². The second-order valence-electron chi connectivity index (χ2n) is 7.09. The molecule has 1 saturated heterocycles. The number of hydrogen-bond donors (Lipinski definition) is 2. The van der Waals surface area contributed by atoms with Gasteiger partial charge in [-0.25, -0.2) is 0 Å². The molecule has 24 heavy (non-hydrogen) atoms. The number of nitrogens with one attached hydrogen (secondary N) is 1. The Labute approximate surface area is 146 Å². The van der Waals surface area contributed by atoms with Crippen LogP contribution in [0.4, 0.5) is 5.69 Å². The molecule has 1 fully saturated rings. The Hall–Kier alpha value is -1.30. The third-order valence-electron chi connectivity index (χ3n) is 4.31. The van der Waals surface area contributed by atoms with E-state index in [9.17, 15) is 5.11 Å². The SMILES string of the molecule is CC(CC1CCOCC1)Nc1ccc(OCC(O)CN(C)C)cc1. The zero-order valence-electron chi connectivity index (χ0n) is 15.2. The fraction of sp³-hybridized carbons (Fsp3) is 0.684. The molecule has 1 heterocycles. The van der Waals surface area contributed by atoms with Crippen molar-refractivity contribution in [2.45, 2.75) is 38.3 Å². The van der Waals surface area contributed by atoms with Crippen LogP contribution in [0, 0.1) is 5.92 Å². The summed E-state index contributed by atoms with van der Waals surface area (Å²) in [5, 5.41) is 13.4. The molecular weight excluding hydrogens is 304 g/mol. The molecule has 0 bridgehead atoms. The van der Waals surface area contributed by atoms with Gasteiger partial charge < -0.3 is 24.8 Å². The van der Waals surface area contributed by atoms with E-state index in [1.807, 2.05) is 43.3 Å². The first kappa shape index (κ1) is 19.0. The Morgan fingerprint density at radius 2 is 1.92 bits per heavy atom. The summed E-state index contributed by atoms with van der Waals surface area (Å²) in [4.78, 5) is 1.95. The van der Waals surface area contributed by atoms with Gasteiger partial charge >= 0.3 is 0 Å². The van der Waals surface area contributed by atoms with E-state index in [1.165, 1.54) is 19.3 Å². The zero-order chi connectivity index (χ0) is 17.4. The second kappa shape index (κ2) is 9.87. The Balaban J connectivity index is 1.72. The molecule has 2 atom stereocenters. The summed E-state index contributed by atoms with van der Waals surface area (Å²) in [5.41, 5.74) is 1.11. The minimum atomic E-state index is -0.475. The van der Waals surface area contributed by atoms with Crippen LogP contribution in [-0.4, -0.2) is 62.6 Å². The molecule has 0 saturated carbocycles. The van der Waals surface area contributed by atoms with Crippen LogP contribution in [-0.2, 0) is 4.74 Å². The van der Waals surface area contributed by atoms with Gasteiger partial charge in [-0.2, -0.15) is 0 Å². The highest BCUT2D eigenvalue weighted by Gasteiger charge is 2.16. The highest BCUT2D eigenvalue weighted by atomic mass is 16.5. The summed E-state index contributed by atoms with van der Waals surface area (Å²) in [7, 11) is 3.87. The van der Waals surface area contributed by atoms with E-state index < -0.39 is 6.10 Å². The molecular formula is C19H32N2O3. The van der Waals surface area contributed by atoms with Gasteiger partial charge in [0.15, 0.2) is 0 Å². The summed E-state index contributed by atoms with van der Waals surface area (Å²) in [6.45, 7) is 4.96. The predicted molar refractivity (Wildman–Crippen MR) is 97.7 cm³/mol. The van der Waals surface area contributed by atoms with Gasteiger partial charge in [0.25, 0.3) is 0 Å². The molecule has 0 spiro atoms. The molecule has 1 aromatic rings. The van der Waals surface area contributed by atoms with Gasteiger partial charge in [-0.3, -0.25) is 0 Å². The first-order valence-electron chi connectivity index (χ1n) is 8.93. The summed E-state index contributed by atoms with van der Waals surface area (Å²) in [6, 6.07) is 8.42. The van der Waals surface area contributed by atoms with Crippen LogP contribution < -0.4 is 10.1 Å². The molecule has 0 aliphatic carbocycles. The summed E-state index contributed by atoms with van der Waals surface area (Å²) < 4.78 is 11.1. The van der Waals surface area contributed by atoms with Crippen LogP contribution in [0.15, 0.2) is 24.3 Å². The van der Waals surface area contributed by atoms with E-state index in [0.717, 1.165) is 30.6 Å². The zero-order valence-corrected chi connectivity index (χ0v) is 15.2. The molecule has 0 amide bonds. The number of anilines is 1. The first-order chi connectivity index (χ1) is 11.5. The van der Waals surface area contributed by atoms with Gasteiger partial charge in [-0.05, 0) is 70.5 Å². The third-order valence-corrected chi connectivity index (χ3v) is 4.31. The van der Waals surface area contributed by atoms with Crippen molar-refractivity contribution in [1.29, 1.82) is 0 Å². The molecule has 0 aromatic heterocycles. The molecule has 5 nitrogen and oxygen atoms in total. The number of ether oxygens (including phenoxy) is 2. The number of rotatable bonds is 9. The topological polar surface area (TPSA) is 54.0 Å². The van der Waals surface area contributed by atoms with Crippen LogP contribution in [0.1, 0.15) is 26.2 Å². The number of likely N-dealkylation sites (N-methyl/N-ethyl adjacent to an activating group) is 1. The molecule has 1 aliphatic heterocycles. The van der Waals surface area contributed by atoms with Crippen molar-refractivity contribution in [3.63, 3.8) is 0 Å². The summed E-state index contributed by atoms with van der Waals surface area (Å²) >= 11 is 0. The van der Waals surface area contributed by atoms with Crippen molar-refractivity contribution in [2.24, 2.45) is 5.92 Å². The maximum atomic E-state index is 9.82. The lowest BCUT2D eigenvalue weighted by Gasteiger charge is -2.25. The van der Waals surface area contributed by atoms with E-state index >= 15 is 0 Å². The Bertz CT molecular complexity index is 458. The van der Waals surface area contributed by atoms with Crippen molar-refractivity contribution in [1.82, 2.24) is 4.90 Å². The van der Waals surface area contributed by atoms with Crippen LogP contribution in [0.25, 0.3) is 0 Å². The molecule has 1 aliphatic rings. The van der Waals surface area contributed by atoms with Crippen molar-refractivity contribution in [3.8, 4) is 5.75 Å². The standard InChI is InChI=1S/C19H32N2O3/c1-15(12-16-8-10-23-11-9-16)20-17-4-6-19(7-5-17)24-14-18(22)13-21(2)3/h4-7,15-16,18,20,22H,8-14H2,1-3H3. The maximum Gasteiger partial charge on any atom is 0.119 e. The van der Waals surface area contributed by atoms with E-state index in [4.69, 9.17) is 9.47 Å². The van der Waals surface area contributed by atoms with Crippen LogP contribution in [0.3, 0.4) is 0 Å². The molecule has 2 N–H and O–H groups in total. The number of aliphatic hydroxyl groups excluding tert-OH is 1. The molecule has 2 rings (SSSR count). The normalized spacial score (nSPS) is 18.4. The first-order valence-corrected chi connectivity index (χ1v) is 8.93. The van der Waals surface area contributed by atoms with E-state index in [1.54, 1.807) is 0 Å². The van der Waals surface area contributed by atoms with Crippen LogP contribution in [0.5, 0.6) is 5.75 Å². The van der Waals surface area contributed by atoms with Gasteiger partial charge in [0.2, 0.25) is 0 Å². The molecule has 0 radical (unpaired) electrons. The lowest BCUT2D eigenvalue weighted by molar-refractivity contribution is 0.0629. The number of nitrogens with zero attached hydrogens (tertiary/aromatic N) is 1. The van der Waals surface area contributed by atoms with Gasteiger partial charge in [0.05, 0.1) is 0 Å². The lowest BCUT2D eigenvalue weighted by Crippen LogP contribution is -2.30. The largest absolute Gasteiger partial charge is 0.491 e. The number of benzene rings is 1. The van der Waals surface area contributed by atoms with Crippen molar-refractivity contribution in [2.75, 3.05) is 45.8 Å². The highest BCUT2D eigenvalue weighted by molar-refractivity contribution is 5.46. The predicted octanol–water partition coefficient (Wildman–Crippen LogP) is 2.61. The number of aliphatic hydroxyl groups is 1. The minimum absolute atomic E-state index is 0.311. The van der Waals surface area contributed by atoms with Crippen molar-refractivity contribution in [3.05, 3.63) is 24.3 Å². The number of hydrogen-bond acceptors (Lipinski definition) is 5. The van der Waals surface area contributed by atoms with E-state index in [2.05, 4.69) is 12.2 Å².